The molecule has 1 aromatic heterocycles. The summed E-state index contributed by atoms with van der Waals surface area (Å²) in [5.41, 5.74) is -0.587. The highest BCUT2D eigenvalue weighted by atomic mass is 16.2. The van der Waals surface area contributed by atoms with Gasteiger partial charge in [-0.25, -0.2) is 4.79 Å². The predicted molar refractivity (Wildman–Crippen MR) is 67.2 cm³/mol. The molecule has 0 aromatic carbocycles. The molecule has 0 spiro atoms. The van der Waals surface area contributed by atoms with Crippen molar-refractivity contribution in [1.29, 1.82) is 0 Å². The fourth-order valence-corrected chi connectivity index (χ4v) is 2.90. The van der Waals surface area contributed by atoms with E-state index in [1.54, 1.807) is 10.8 Å². The molecule has 0 aliphatic heterocycles. The third-order valence-corrected chi connectivity index (χ3v) is 3.56. The molecule has 4 nitrogen and oxygen atoms in total. The summed E-state index contributed by atoms with van der Waals surface area (Å²) in [6, 6.07) is 1.69. The summed E-state index contributed by atoms with van der Waals surface area (Å²) in [5, 5.41) is 0. The second kappa shape index (κ2) is 4.90. The molecule has 94 valence electrons. The molecular weight excluding hydrogens is 216 g/mol. The zero-order chi connectivity index (χ0) is 12.4. The molecule has 1 saturated carbocycles. The molecule has 4 heteroatoms. The number of aromatic amines is 1. The van der Waals surface area contributed by atoms with Crippen molar-refractivity contribution in [2.45, 2.75) is 45.6 Å². The van der Waals surface area contributed by atoms with Gasteiger partial charge in [0.25, 0.3) is 5.56 Å². The summed E-state index contributed by atoms with van der Waals surface area (Å²) in [7, 11) is 0. The number of rotatable bonds is 3. The molecule has 0 saturated heterocycles. The Labute approximate surface area is 101 Å². The van der Waals surface area contributed by atoms with Crippen molar-refractivity contribution in [3.05, 3.63) is 33.1 Å². The molecule has 17 heavy (non-hydrogen) atoms. The van der Waals surface area contributed by atoms with Gasteiger partial charge in [0.15, 0.2) is 0 Å². The van der Waals surface area contributed by atoms with E-state index in [-0.39, 0.29) is 17.3 Å². The quantitative estimate of drug-likeness (QED) is 0.871. The third kappa shape index (κ3) is 2.87. The monoisotopic (exact) mass is 236 g/mol. The second-order valence-corrected chi connectivity index (χ2v) is 5.48. The Morgan fingerprint density at radius 1 is 1.41 bits per heavy atom. The maximum Gasteiger partial charge on any atom is 0.328 e. The van der Waals surface area contributed by atoms with E-state index in [0.29, 0.717) is 5.92 Å². The molecule has 1 N–H and O–H groups in total. The van der Waals surface area contributed by atoms with Crippen LogP contribution in [0, 0.1) is 11.8 Å². The first-order valence-electron chi connectivity index (χ1n) is 6.37. The summed E-state index contributed by atoms with van der Waals surface area (Å²) >= 11 is 0. The highest BCUT2D eigenvalue weighted by Gasteiger charge is 2.26. The van der Waals surface area contributed by atoms with Crippen molar-refractivity contribution >= 4 is 0 Å². The average molecular weight is 236 g/mol. The summed E-state index contributed by atoms with van der Waals surface area (Å²) in [6.45, 7) is 4.47. The normalized spacial score (nSPS) is 24.4. The SMILES string of the molecule is CC(C)C[C@@H]1CC[C@H](n2ccc(=O)[nH]c2=O)C1. The Kier molecular flexibility index (Phi) is 3.50. The van der Waals surface area contributed by atoms with Gasteiger partial charge in [0, 0.05) is 18.3 Å². The van der Waals surface area contributed by atoms with E-state index < -0.39 is 0 Å². The van der Waals surface area contributed by atoms with Crippen molar-refractivity contribution in [3.63, 3.8) is 0 Å². The molecule has 1 heterocycles. The molecular formula is C13H20N2O2. The van der Waals surface area contributed by atoms with Gasteiger partial charge in [-0.1, -0.05) is 13.8 Å². The second-order valence-electron chi connectivity index (χ2n) is 5.48. The lowest BCUT2D eigenvalue weighted by molar-refractivity contribution is 0.395. The first-order valence-corrected chi connectivity index (χ1v) is 6.37. The van der Waals surface area contributed by atoms with E-state index in [9.17, 15) is 9.59 Å². The van der Waals surface area contributed by atoms with Crippen LogP contribution in [-0.4, -0.2) is 9.55 Å². The Bertz CT molecular complexity index is 487. The van der Waals surface area contributed by atoms with E-state index in [2.05, 4.69) is 18.8 Å². The zero-order valence-electron chi connectivity index (χ0n) is 10.5. The van der Waals surface area contributed by atoms with E-state index in [4.69, 9.17) is 0 Å². The first kappa shape index (κ1) is 12.1. The number of H-pyrrole nitrogens is 1. The van der Waals surface area contributed by atoms with Gasteiger partial charge in [0.1, 0.15) is 0 Å². The van der Waals surface area contributed by atoms with Crippen LogP contribution in [0.5, 0.6) is 0 Å². The molecule has 0 radical (unpaired) electrons. The molecule has 1 fully saturated rings. The van der Waals surface area contributed by atoms with Crippen LogP contribution in [0.3, 0.4) is 0 Å². The van der Waals surface area contributed by atoms with Gasteiger partial charge >= 0.3 is 5.69 Å². The van der Waals surface area contributed by atoms with Gasteiger partial charge in [-0.3, -0.25) is 14.3 Å². The Morgan fingerprint density at radius 3 is 2.82 bits per heavy atom. The first-order chi connectivity index (χ1) is 8.06. The largest absolute Gasteiger partial charge is 0.328 e. The Morgan fingerprint density at radius 2 is 2.18 bits per heavy atom. The molecule has 1 aromatic rings. The maximum atomic E-state index is 11.7. The van der Waals surface area contributed by atoms with Gasteiger partial charge < -0.3 is 0 Å². The topological polar surface area (TPSA) is 54.9 Å². The minimum Gasteiger partial charge on any atom is -0.298 e. The van der Waals surface area contributed by atoms with E-state index >= 15 is 0 Å². The number of nitrogens with one attached hydrogen (secondary N) is 1. The summed E-state index contributed by atoms with van der Waals surface area (Å²) in [5.74, 6) is 1.44. The van der Waals surface area contributed by atoms with Crippen LogP contribution >= 0.6 is 0 Å². The highest BCUT2D eigenvalue weighted by molar-refractivity contribution is 4.89. The number of hydrogen-bond donors (Lipinski definition) is 1. The van der Waals surface area contributed by atoms with Crippen LogP contribution in [0.1, 0.15) is 45.6 Å². The van der Waals surface area contributed by atoms with Crippen molar-refractivity contribution in [2.24, 2.45) is 11.8 Å². The third-order valence-electron chi connectivity index (χ3n) is 3.56. The van der Waals surface area contributed by atoms with Gasteiger partial charge in [0.05, 0.1) is 0 Å². The summed E-state index contributed by atoms with van der Waals surface area (Å²) < 4.78 is 1.68. The van der Waals surface area contributed by atoms with Gasteiger partial charge in [-0.15, -0.1) is 0 Å². The van der Waals surface area contributed by atoms with Crippen LogP contribution < -0.4 is 11.2 Å². The lowest BCUT2D eigenvalue weighted by Gasteiger charge is -2.15. The van der Waals surface area contributed by atoms with Crippen LogP contribution in [0.2, 0.25) is 0 Å². The smallest absolute Gasteiger partial charge is 0.298 e. The Hall–Kier alpha value is -1.32. The highest BCUT2D eigenvalue weighted by Crippen LogP contribution is 2.36. The fourth-order valence-electron chi connectivity index (χ4n) is 2.90. The summed E-state index contributed by atoms with van der Waals surface area (Å²) in [4.78, 5) is 25.0. The van der Waals surface area contributed by atoms with Crippen molar-refractivity contribution in [2.75, 3.05) is 0 Å². The predicted octanol–water partition coefficient (Wildman–Crippen LogP) is 1.92. The maximum absolute atomic E-state index is 11.7. The van der Waals surface area contributed by atoms with Gasteiger partial charge in [-0.05, 0) is 37.5 Å². The standard InChI is InChI=1S/C13H20N2O2/c1-9(2)7-10-3-4-11(8-10)15-6-5-12(16)14-13(15)17/h5-6,9-11H,3-4,7-8H2,1-2H3,(H,14,16,17)/t10-,11-/m0/s1. The number of aromatic nitrogens is 2. The van der Waals surface area contributed by atoms with Crippen LogP contribution in [0.25, 0.3) is 0 Å². The Balaban J connectivity index is 2.10. The molecule has 0 unspecified atom stereocenters. The molecule has 2 atom stereocenters. The van der Waals surface area contributed by atoms with Crippen LogP contribution in [0.4, 0.5) is 0 Å². The van der Waals surface area contributed by atoms with E-state index in [1.807, 2.05) is 0 Å². The average Bonchev–Trinajstić information content (AvgIpc) is 2.65. The molecule has 2 rings (SSSR count). The van der Waals surface area contributed by atoms with Gasteiger partial charge in [-0.2, -0.15) is 0 Å². The van der Waals surface area contributed by atoms with Crippen molar-refractivity contribution in [1.82, 2.24) is 9.55 Å². The molecule has 1 aliphatic rings. The lowest BCUT2D eigenvalue weighted by Crippen LogP contribution is -2.30. The number of hydrogen-bond acceptors (Lipinski definition) is 2. The molecule has 0 amide bonds. The summed E-state index contributed by atoms with van der Waals surface area (Å²) in [6.07, 6.45) is 6.15. The van der Waals surface area contributed by atoms with E-state index in [1.165, 1.54) is 18.9 Å². The number of nitrogens with zero attached hydrogens (tertiary/aromatic N) is 1. The van der Waals surface area contributed by atoms with Gasteiger partial charge in [0.2, 0.25) is 0 Å². The molecule has 0 bridgehead atoms. The minimum absolute atomic E-state index is 0.267. The minimum atomic E-state index is -0.317. The van der Waals surface area contributed by atoms with Crippen LogP contribution in [0.15, 0.2) is 21.9 Å². The van der Waals surface area contributed by atoms with Crippen LogP contribution in [-0.2, 0) is 0 Å². The zero-order valence-corrected chi connectivity index (χ0v) is 10.5. The van der Waals surface area contributed by atoms with E-state index in [0.717, 1.165) is 18.8 Å². The van der Waals surface area contributed by atoms with Crippen molar-refractivity contribution < 1.29 is 0 Å². The molecule has 1 aliphatic carbocycles. The fraction of sp³-hybridized carbons (Fsp3) is 0.692. The lowest BCUT2D eigenvalue weighted by atomic mass is 9.96. The van der Waals surface area contributed by atoms with Crippen molar-refractivity contribution in [3.8, 4) is 0 Å².